The van der Waals surface area contributed by atoms with E-state index in [-0.39, 0.29) is 31.2 Å². The number of allylic oxidation sites excluding steroid dienone is 1. The van der Waals surface area contributed by atoms with Gasteiger partial charge in [-0.25, -0.2) is 0 Å². The lowest BCUT2D eigenvalue weighted by atomic mass is 9.86. The summed E-state index contributed by atoms with van der Waals surface area (Å²) in [6.07, 6.45) is -1.92. The smallest absolute Gasteiger partial charge is 0.390 e. The number of carbonyl (C=O) groups excluding carboxylic acids is 1. The molecule has 6 nitrogen and oxygen atoms in total. The normalized spacial score (nSPS) is 26.7. The third-order valence-electron chi connectivity index (χ3n) is 5.85. The summed E-state index contributed by atoms with van der Waals surface area (Å²) in [5, 5.41) is 12.7. The van der Waals surface area contributed by atoms with E-state index in [0.29, 0.717) is 17.8 Å². The van der Waals surface area contributed by atoms with Gasteiger partial charge in [-0.3, -0.25) is 14.5 Å². The lowest BCUT2D eigenvalue weighted by molar-refractivity contribution is -0.140. The number of alkyl halides is 3. The molecule has 3 rings (SSSR count). The van der Waals surface area contributed by atoms with Crippen molar-refractivity contribution in [2.75, 3.05) is 19.7 Å². The van der Waals surface area contributed by atoms with Gasteiger partial charge in [0.2, 0.25) is 5.91 Å². The van der Waals surface area contributed by atoms with Gasteiger partial charge in [-0.05, 0) is 26.0 Å². The number of rotatable bonds is 6. The molecule has 1 amide bonds. The Balaban J connectivity index is 2.10. The van der Waals surface area contributed by atoms with Crippen LogP contribution in [-0.2, 0) is 11.3 Å². The quantitative estimate of drug-likeness (QED) is 0.748. The molecule has 29 heavy (non-hydrogen) atoms. The van der Waals surface area contributed by atoms with E-state index in [2.05, 4.69) is 5.32 Å². The van der Waals surface area contributed by atoms with Gasteiger partial charge >= 0.3 is 6.18 Å². The Morgan fingerprint density at radius 1 is 1.38 bits per heavy atom. The molecule has 1 aromatic heterocycles. The Bertz CT molecular complexity index is 850. The number of aromatic nitrogens is 1. The van der Waals surface area contributed by atoms with E-state index < -0.39 is 36.5 Å². The number of carbonyl (C=O) groups is 1. The molecule has 9 heteroatoms. The Labute approximate surface area is 167 Å². The molecule has 3 heterocycles. The van der Waals surface area contributed by atoms with E-state index in [1.54, 1.807) is 47.6 Å². The molecule has 0 aromatic carbocycles. The van der Waals surface area contributed by atoms with Gasteiger partial charge in [-0.2, -0.15) is 13.2 Å². The van der Waals surface area contributed by atoms with Crippen molar-refractivity contribution in [3.8, 4) is 0 Å². The van der Waals surface area contributed by atoms with E-state index in [1.807, 2.05) is 0 Å². The van der Waals surface area contributed by atoms with Crippen LogP contribution in [0.4, 0.5) is 13.2 Å². The van der Waals surface area contributed by atoms with Crippen LogP contribution >= 0.6 is 0 Å². The number of aliphatic hydroxyl groups excluding tert-OH is 1. The molecule has 2 bridgehead atoms. The molecule has 0 spiro atoms. The van der Waals surface area contributed by atoms with Crippen molar-refractivity contribution in [1.82, 2.24) is 14.8 Å². The van der Waals surface area contributed by atoms with Gasteiger partial charge in [-0.1, -0.05) is 12.2 Å². The second-order valence-electron chi connectivity index (χ2n) is 7.51. The number of nitrogens with zero attached hydrogens (tertiary/aromatic N) is 2. The van der Waals surface area contributed by atoms with Crippen molar-refractivity contribution in [1.29, 1.82) is 0 Å². The van der Waals surface area contributed by atoms with Crippen LogP contribution in [0.1, 0.15) is 37.6 Å². The van der Waals surface area contributed by atoms with Crippen molar-refractivity contribution >= 4 is 12.0 Å². The molecular weight excluding hydrogens is 387 g/mol. The van der Waals surface area contributed by atoms with Crippen LogP contribution in [0.5, 0.6) is 0 Å². The summed E-state index contributed by atoms with van der Waals surface area (Å²) in [5.41, 5.74) is 0.766. The van der Waals surface area contributed by atoms with Gasteiger partial charge in [-0.15, -0.1) is 0 Å². The molecule has 0 unspecified atom stereocenters. The van der Waals surface area contributed by atoms with Gasteiger partial charge in [0, 0.05) is 49.5 Å². The molecule has 4 atom stereocenters. The van der Waals surface area contributed by atoms with Gasteiger partial charge in [0.15, 0.2) is 0 Å². The minimum atomic E-state index is -4.33. The van der Waals surface area contributed by atoms with Crippen molar-refractivity contribution in [3.63, 3.8) is 0 Å². The first-order valence-electron chi connectivity index (χ1n) is 9.81. The zero-order chi connectivity index (χ0) is 21.3. The van der Waals surface area contributed by atoms with Gasteiger partial charge in [0.1, 0.15) is 0 Å². The number of amides is 1. The first kappa shape index (κ1) is 21.6. The van der Waals surface area contributed by atoms with Gasteiger partial charge in [0.05, 0.1) is 18.4 Å². The first-order chi connectivity index (χ1) is 13.7. The summed E-state index contributed by atoms with van der Waals surface area (Å²) in [6, 6.07) is 2.14. The highest BCUT2D eigenvalue weighted by molar-refractivity contribution is 5.80. The van der Waals surface area contributed by atoms with Crippen LogP contribution in [0, 0.1) is 11.8 Å². The number of hydrogen-bond acceptors (Lipinski definition) is 4. The van der Waals surface area contributed by atoms with E-state index in [1.165, 1.54) is 0 Å². The topological polar surface area (TPSA) is 74.6 Å². The summed E-state index contributed by atoms with van der Waals surface area (Å²) in [4.78, 5) is 27.3. The molecule has 1 saturated heterocycles. The maximum absolute atomic E-state index is 12.9. The second-order valence-corrected chi connectivity index (χ2v) is 7.51. The lowest BCUT2D eigenvalue weighted by Crippen LogP contribution is -2.47. The minimum absolute atomic E-state index is 0.148. The molecule has 2 aliphatic rings. The highest BCUT2D eigenvalue weighted by Gasteiger charge is 2.55. The molecule has 160 valence electrons. The average molecular weight is 413 g/mol. The summed E-state index contributed by atoms with van der Waals surface area (Å²) < 4.78 is 40.3. The van der Waals surface area contributed by atoms with E-state index in [0.717, 1.165) is 0 Å². The highest BCUT2D eigenvalue weighted by atomic mass is 19.4. The summed E-state index contributed by atoms with van der Waals surface area (Å²) >= 11 is 0. The highest BCUT2D eigenvalue weighted by Crippen LogP contribution is 2.48. The standard InChI is InChI=1S/C20H26F3N3O3/c1-3-5-12-6-7-14-17-16(18(28)24-4-2)13(11-27)15(10-26(14)19(12)29)25(17)9-8-20(21,22)23/h3,5-7,13,15-17,27H,4,8-11H2,1-2H3,(H,24,28)/b5-3+/t13-,15-,16+,17+/m0/s1. The number of nitrogens with one attached hydrogen (secondary N) is 1. The summed E-state index contributed by atoms with van der Waals surface area (Å²) in [7, 11) is 0. The van der Waals surface area contributed by atoms with Crippen LogP contribution in [0.2, 0.25) is 0 Å². The SMILES string of the molecule is C/C=C/c1ccc2n(c1=O)C[C@H]1[C@H](CO)[C@@H](C(=O)NCC)[C@@H]2N1CCC(F)(F)F. The summed E-state index contributed by atoms with van der Waals surface area (Å²) in [5.74, 6) is -1.59. The molecular formula is C20H26F3N3O3. The molecule has 2 aliphatic heterocycles. The van der Waals surface area contributed by atoms with Crippen LogP contribution in [0.3, 0.4) is 0 Å². The van der Waals surface area contributed by atoms with Crippen molar-refractivity contribution < 1.29 is 23.1 Å². The predicted molar refractivity (Wildman–Crippen MR) is 102 cm³/mol. The fourth-order valence-electron chi connectivity index (χ4n) is 4.70. The monoisotopic (exact) mass is 413 g/mol. The molecule has 0 saturated carbocycles. The number of fused-ring (bicyclic) bond motifs is 4. The third-order valence-corrected chi connectivity index (χ3v) is 5.85. The maximum Gasteiger partial charge on any atom is 0.390 e. The van der Waals surface area contributed by atoms with Crippen LogP contribution in [0.25, 0.3) is 6.08 Å². The van der Waals surface area contributed by atoms with E-state index >= 15 is 0 Å². The number of hydrogen-bond donors (Lipinski definition) is 2. The van der Waals surface area contributed by atoms with Crippen molar-refractivity contribution in [2.24, 2.45) is 11.8 Å². The summed E-state index contributed by atoms with van der Waals surface area (Å²) in [6.45, 7) is 3.46. The fraction of sp³-hybridized carbons (Fsp3) is 0.600. The number of aliphatic hydroxyl groups is 1. The molecule has 2 N–H and O–H groups in total. The molecule has 1 aromatic rings. The molecule has 0 radical (unpaired) electrons. The second kappa shape index (κ2) is 8.31. The zero-order valence-corrected chi connectivity index (χ0v) is 16.4. The Morgan fingerprint density at radius 2 is 2.10 bits per heavy atom. The van der Waals surface area contributed by atoms with Crippen LogP contribution in [0.15, 0.2) is 23.0 Å². The van der Waals surface area contributed by atoms with Crippen LogP contribution in [-0.4, -0.2) is 52.4 Å². The first-order valence-corrected chi connectivity index (χ1v) is 9.81. The molecule has 1 fully saturated rings. The Morgan fingerprint density at radius 3 is 2.69 bits per heavy atom. The van der Waals surface area contributed by atoms with Crippen molar-refractivity contribution in [2.45, 2.75) is 45.1 Å². The van der Waals surface area contributed by atoms with E-state index in [4.69, 9.17) is 0 Å². The predicted octanol–water partition coefficient (Wildman–Crippen LogP) is 1.93. The van der Waals surface area contributed by atoms with Gasteiger partial charge in [0.25, 0.3) is 5.56 Å². The third kappa shape index (κ3) is 3.98. The Hall–Kier alpha value is -2.13. The van der Waals surface area contributed by atoms with E-state index in [9.17, 15) is 27.9 Å². The number of halogens is 3. The number of pyridine rings is 1. The minimum Gasteiger partial charge on any atom is -0.396 e. The Kier molecular flexibility index (Phi) is 6.19. The lowest BCUT2D eigenvalue weighted by Gasteiger charge is -2.38. The van der Waals surface area contributed by atoms with Crippen LogP contribution < -0.4 is 10.9 Å². The average Bonchev–Trinajstić information content (AvgIpc) is 2.88. The molecule has 0 aliphatic carbocycles. The fourth-order valence-corrected chi connectivity index (χ4v) is 4.70. The largest absolute Gasteiger partial charge is 0.396 e. The zero-order valence-electron chi connectivity index (χ0n) is 16.4. The van der Waals surface area contributed by atoms with Crippen molar-refractivity contribution in [3.05, 3.63) is 39.8 Å². The van der Waals surface area contributed by atoms with Gasteiger partial charge < -0.3 is 15.0 Å². The maximum atomic E-state index is 12.9.